The second-order valence-corrected chi connectivity index (χ2v) is 4.74. The van der Waals surface area contributed by atoms with Crippen molar-refractivity contribution in [2.45, 2.75) is 32.2 Å². The first-order valence-corrected chi connectivity index (χ1v) is 7.13. The highest BCUT2D eigenvalue weighted by atomic mass is 16.5. The molecule has 2 N–H and O–H groups in total. The Balaban J connectivity index is 2.65. The highest BCUT2D eigenvalue weighted by Crippen LogP contribution is 2.10. The Labute approximate surface area is 133 Å². The maximum absolute atomic E-state index is 11.8. The summed E-state index contributed by atoms with van der Waals surface area (Å²) in [7, 11) is 0. The summed E-state index contributed by atoms with van der Waals surface area (Å²) in [5, 5.41) is 20.6. The first-order chi connectivity index (χ1) is 11.0. The van der Waals surface area contributed by atoms with E-state index in [1.807, 2.05) is 6.07 Å². The zero-order chi connectivity index (χ0) is 17.2. The Morgan fingerprint density at radius 2 is 2.00 bits per heavy atom. The maximum atomic E-state index is 11.8. The van der Waals surface area contributed by atoms with Crippen molar-refractivity contribution in [1.29, 1.82) is 5.26 Å². The molecule has 0 aliphatic carbocycles. The fourth-order valence-electron chi connectivity index (χ4n) is 1.94. The molecule has 0 aromatic heterocycles. The number of esters is 1. The summed E-state index contributed by atoms with van der Waals surface area (Å²) in [5.41, 5.74) is 0.896. The summed E-state index contributed by atoms with van der Waals surface area (Å²) in [4.78, 5) is 34.2. The molecule has 0 radical (unpaired) electrons. The van der Waals surface area contributed by atoms with Crippen LogP contribution in [-0.4, -0.2) is 35.6 Å². The number of hydrogen-bond donors (Lipinski definition) is 2. The summed E-state index contributed by atoms with van der Waals surface area (Å²) in [6.07, 6.45) is -0.270. The number of nitrogens with one attached hydrogen (secondary N) is 1. The van der Waals surface area contributed by atoms with Crippen LogP contribution in [0, 0.1) is 11.3 Å². The third-order valence-electron chi connectivity index (χ3n) is 3.06. The summed E-state index contributed by atoms with van der Waals surface area (Å²) in [6, 6.07) is 7.40. The van der Waals surface area contributed by atoms with Gasteiger partial charge in [0.2, 0.25) is 5.91 Å². The van der Waals surface area contributed by atoms with Crippen LogP contribution in [0.2, 0.25) is 0 Å². The molecule has 23 heavy (non-hydrogen) atoms. The van der Waals surface area contributed by atoms with Crippen LogP contribution in [0.1, 0.15) is 30.9 Å². The van der Waals surface area contributed by atoms with E-state index in [2.05, 4.69) is 5.32 Å². The topological polar surface area (TPSA) is 116 Å². The number of benzene rings is 1. The van der Waals surface area contributed by atoms with E-state index in [4.69, 9.17) is 10.00 Å². The number of ether oxygens (including phenoxy) is 1. The highest BCUT2D eigenvalue weighted by Gasteiger charge is 2.22. The van der Waals surface area contributed by atoms with Gasteiger partial charge in [0, 0.05) is 12.8 Å². The molecule has 0 saturated heterocycles. The van der Waals surface area contributed by atoms with Gasteiger partial charge in [-0.25, -0.2) is 4.79 Å². The van der Waals surface area contributed by atoms with E-state index in [1.54, 1.807) is 31.2 Å². The molecule has 1 aromatic carbocycles. The van der Waals surface area contributed by atoms with Gasteiger partial charge in [0.25, 0.3) is 0 Å². The van der Waals surface area contributed by atoms with E-state index < -0.39 is 23.9 Å². The number of amides is 1. The van der Waals surface area contributed by atoms with Gasteiger partial charge in [0.05, 0.1) is 24.7 Å². The van der Waals surface area contributed by atoms with E-state index in [0.29, 0.717) is 11.1 Å². The van der Waals surface area contributed by atoms with Gasteiger partial charge in [-0.3, -0.25) is 9.59 Å². The second-order valence-electron chi connectivity index (χ2n) is 4.74. The lowest BCUT2D eigenvalue weighted by atomic mass is 10.0. The van der Waals surface area contributed by atoms with Crippen LogP contribution in [0.3, 0.4) is 0 Å². The normalized spacial score (nSPS) is 11.1. The van der Waals surface area contributed by atoms with Crippen molar-refractivity contribution in [3.8, 4) is 6.07 Å². The van der Waals surface area contributed by atoms with E-state index in [0.717, 1.165) is 0 Å². The second kappa shape index (κ2) is 9.20. The summed E-state index contributed by atoms with van der Waals surface area (Å²) < 4.78 is 4.70. The molecule has 0 saturated carbocycles. The summed E-state index contributed by atoms with van der Waals surface area (Å²) in [6.45, 7) is 1.88. The first-order valence-electron chi connectivity index (χ1n) is 7.13. The van der Waals surface area contributed by atoms with Crippen molar-refractivity contribution < 1.29 is 24.2 Å². The predicted molar refractivity (Wildman–Crippen MR) is 80.3 cm³/mol. The van der Waals surface area contributed by atoms with Crippen LogP contribution in [0.15, 0.2) is 24.3 Å². The average molecular weight is 318 g/mol. The van der Waals surface area contributed by atoms with Gasteiger partial charge in [0.15, 0.2) is 0 Å². The van der Waals surface area contributed by atoms with Crippen LogP contribution in [0.5, 0.6) is 0 Å². The Hall–Kier alpha value is -2.88. The standard InChI is InChI=1S/C16H18N2O5/c1-2-23-15(20)8-7-14(19)18-13(16(21)22)9-11-5-3-4-6-12(11)10-17/h3-6,13H,2,7-9H2,1H3,(H,18,19)(H,21,22)/t13-/m1/s1. The fourth-order valence-corrected chi connectivity index (χ4v) is 1.94. The molecular formula is C16H18N2O5. The number of hydrogen-bond acceptors (Lipinski definition) is 5. The molecule has 122 valence electrons. The monoisotopic (exact) mass is 318 g/mol. The minimum atomic E-state index is -1.21. The lowest BCUT2D eigenvalue weighted by molar-refractivity contribution is -0.144. The largest absolute Gasteiger partial charge is 0.480 e. The van der Waals surface area contributed by atoms with Crippen LogP contribution in [-0.2, 0) is 25.5 Å². The van der Waals surface area contributed by atoms with E-state index >= 15 is 0 Å². The molecule has 7 nitrogen and oxygen atoms in total. The molecule has 0 heterocycles. The van der Waals surface area contributed by atoms with Crippen LogP contribution in [0.25, 0.3) is 0 Å². The molecule has 7 heteroatoms. The highest BCUT2D eigenvalue weighted by molar-refractivity contribution is 5.86. The Morgan fingerprint density at radius 1 is 1.30 bits per heavy atom. The molecule has 0 aliphatic rings. The fraction of sp³-hybridized carbons (Fsp3) is 0.375. The van der Waals surface area contributed by atoms with Crippen LogP contribution >= 0.6 is 0 Å². The van der Waals surface area contributed by atoms with Crippen LogP contribution in [0.4, 0.5) is 0 Å². The van der Waals surface area contributed by atoms with Crippen molar-refractivity contribution in [3.63, 3.8) is 0 Å². The van der Waals surface area contributed by atoms with Gasteiger partial charge in [0.1, 0.15) is 6.04 Å². The number of carboxylic acids is 1. The lowest BCUT2D eigenvalue weighted by Gasteiger charge is -2.15. The number of nitriles is 1. The van der Waals surface area contributed by atoms with Crippen molar-refractivity contribution in [1.82, 2.24) is 5.32 Å². The van der Waals surface area contributed by atoms with Crippen molar-refractivity contribution in [3.05, 3.63) is 35.4 Å². The molecule has 0 spiro atoms. The third kappa shape index (κ3) is 6.18. The summed E-state index contributed by atoms with van der Waals surface area (Å²) >= 11 is 0. The lowest BCUT2D eigenvalue weighted by Crippen LogP contribution is -2.42. The Bertz CT molecular complexity index is 621. The smallest absolute Gasteiger partial charge is 0.326 e. The Kier molecular flexibility index (Phi) is 7.27. The minimum absolute atomic E-state index is 0.00971. The molecule has 0 fully saturated rings. The zero-order valence-corrected chi connectivity index (χ0v) is 12.7. The predicted octanol–water partition coefficient (Wildman–Crippen LogP) is 1.01. The number of carbonyl (C=O) groups excluding carboxylic acids is 2. The van der Waals surface area contributed by atoms with Gasteiger partial charge in [-0.15, -0.1) is 0 Å². The molecule has 0 bridgehead atoms. The van der Waals surface area contributed by atoms with E-state index in [9.17, 15) is 19.5 Å². The average Bonchev–Trinajstić information content (AvgIpc) is 2.53. The molecular weight excluding hydrogens is 300 g/mol. The van der Waals surface area contributed by atoms with Gasteiger partial charge in [-0.1, -0.05) is 18.2 Å². The Morgan fingerprint density at radius 3 is 2.61 bits per heavy atom. The molecule has 1 aromatic rings. The number of carbonyl (C=O) groups is 3. The molecule has 0 aliphatic heterocycles. The summed E-state index contributed by atoms with van der Waals surface area (Å²) in [5.74, 6) is -2.27. The number of nitrogens with zero attached hydrogens (tertiary/aromatic N) is 1. The van der Waals surface area contributed by atoms with Crippen molar-refractivity contribution in [2.75, 3.05) is 6.61 Å². The number of aliphatic carboxylic acids is 1. The molecule has 1 atom stereocenters. The van der Waals surface area contributed by atoms with Crippen LogP contribution < -0.4 is 5.32 Å². The quantitative estimate of drug-likeness (QED) is 0.691. The van der Waals surface area contributed by atoms with Crippen molar-refractivity contribution in [2.24, 2.45) is 0 Å². The van der Waals surface area contributed by atoms with Gasteiger partial charge < -0.3 is 15.2 Å². The first kappa shape index (κ1) is 18.2. The SMILES string of the molecule is CCOC(=O)CCC(=O)N[C@H](Cc1ccccc1C#N)C(=O)O. The van der Waals surface area contributed by atoms with E-state index in [-0.39, 0.29) is 25.9 Å². The third-order valence-corrected chi connectivity index (χ3v) is 3.06. The van der Waals surface area contributed by atoms with E-state index in [1.165, 1.54) is 0 Å². The maximum Gasteiger partial charge on any atom is 0.326 e. The van der Waals surface area contributed by atoms with Gasteiger partial charge >= 0.3 is 11.9 Å². The van der Waals surface area contributed by atoms with Gasteiger partial charge in [-0.2, -0.15) is 5.26 Å². The zero-order valence-electron chi connectivity index (χ0n) is 12.7. The molecule has 0 unspecified atom stereocenters. The minimum Gasteiger partial charge on any atom is -0.480 e. The molecule has 1 rings (SSSR count). The van der Waals surface area contributed by atoms with Gasteiger partial charge in [-0.05, 0) is 18.6 Å². The molecule has 1 amide bonds. The van der Waals surface area contributed by atoms with Crippen molar-refractivity contribution >= 4 is 17.8 Å². The number of carboxylic acid groups (broad SMARTS) is 1. The number of rotatable bonds is 8.